The lowest BCUT2D eigenvalue weighted by molar-refractivity contribution is -0.117. The van der Waals surface area contributed by atoms with Gasteiger partial charge in [0.15, 0.2) is 0 Å². The maximum atomic E-state index is 13.0. The number of aromatic nitrogens is 2. The Labute approximate surface area is 148 Å². The fourth-order valence-corrected chi connectivity index (χ4v) is 3.05. The van der Waals surface area contributed by atoms with E-state index in [4.69, 9.17) is 5.73 Å². The monoisotopic (exact) mass is 352 g/mol. The summed E-state index contributed by atoms with van der Waals surface area (Å²) in [5, 5.41) is 4.19. The van der Waals surface area contributed by atoms with Crippen LogP contribution in [0, 0.1) is 12.8 Å². The Balaban J connectivity index is 1.74. The average molecular weight is 352 g/mol. The molecule has 2 aromatic heterocycles. The Morgan fingerprint density at radius 1 is 1.35 bits per heavy atom. The third-order valence-electron chi connectivity index (χ3n) is 4.60. The number of hydrogen-bond acceptors (Lipinski definition) is 4. The lowest BCUT2D eigenvalue weighted by Crippen LogP contribution is -2.15. The van der Waals surface area contributed by atoms with Crippen LogP contribution in [0.2, 0.25) is 0 Å². The van der Waals surface area contributed by atoms with Gasteiger partial charge in [0, 0.05) is 34.6 Å². The Morgan fingerprint density at radius 2 is 2.12 bits per heavy atom. The second-order valence-corrected chi connectivity index (χ2v) is 6.56. The van der Waals surface area contributed by atoms with Gasteiger partial charge in [-0.25, -0.2) is 9.37 Å². The smallest absolute Gasteiger partial charge is 0.248 e. The van der Waals surface area contributed by atoms with E-state index in [1.165, 1.54) is 6.07 Å². The van der Waals surface area contributed by atoms with Gasteiger partial charge in [-0.2, -0.15) is 0 Å². The van der Waals surface area contributed by atoms with Crippen LogP contribution in [0.15, 0.2) is 41.3 Å². The largest absolute Gasteiger partial charge is 0.398 e. The number of aryl methyl sites for hydroxylation is 1. The number of nitrogen functional groups attached to an aromatic ring is 1. The van der Waals surface area contributed by atoms with Gasteiger partial charge in [-0.3, -0.25) is 9.59 Å². The Bertz CT molecular complexity index is 1090. The number of nitrogens with one attached hydrogen (secondary N) is 2. The van der Waals surface area contributed by atoms with Gasteiger partial charge in [0.1, 0.15) is 12.0 Å². The summed E-state index contributed by atoms with van der Waals surface area (Å²) < 4.78 is 13.0. The summed E-state index contributed by atoms with van der Waals surface area (Å²) in [6, 6.07) is 8.65. The number of hydrogen-bond donors (Lipinski definition) is 3. The Morgan fingerprint density at radius 3 is 2.81 bits per heavy atom. The number of fused-ring (bicyclic) bond motifs is 1. The molecule has 1 saturated carbocycles. The van der Waals surface area contributed by atoms with E-state index in [0.29, 0.717) is 11.5 Å². The fourth-order valence-electron chi connectivity index (χ4n) is 3.05. The molecule has 26 heavy (non-hydrogen) atoms. The standard InChI is InChI=1S/C19H17FN4O2/c1-9-12(2-3-18(25)23-9)10-4-11-6-17(22-8-14(11)16(21)5-10)24-19(26)13-7-15(13)20/h2-6,8,13,15H,7,21H2,1H3,(H,23,25)(H,22,24,26)/t13-,15+/m0/s1. The highest BCUT2D eigenvalue weighted by Gasteiger charge is 2.43. The molecular formula is C19H17FN4O2. The summed E-state index contributed by atoms with van der Waals surface area (Å²) in [5.41, 5.74) is 8.97. The van der Waals surface area contributed by atoms with Crippen LogP contribution < -0.4 is 16.6 Å². The molecule has 7 heteroatoms. The molecule has 0 unspecified atom stereocenters. The van der Waals surface area contributed by atoms with Gasteiger partial charge in [0.25, 0.3) is 0 Å². The number of pyridine rings is 2. The van der Waals surface area contributed by atoms with E-state index in [1.807, 2.05) is 19.1 Å². The number of amides is 1. The molecule has 6 nitrogen and oxygen atoms in total. The minimum absolute atomic E-state index is 0.166. The van der Waals surface area contributed by atoms with E-state index in [2.05, 4.69) is 15.3 Å². The Kier molecular flexibility index (Phi) is 3.72. The number of aromatic amines is 1. The molecule has 1 fully saturated rings. The van der Waals surface area contributed by atoms with Gasteiger partial charge in [0.2, 0.25) is 11.5 Å². The summed E-state index contributed by atoms with van der Waals surface area (Å²) >= 11 is 0. The van der Waals surface area contributed by atoms with Crippen LogP contribution in [0.4, 0.5) is 15.9 Å². The molecule has 3 aromatic rings. The summed E-state index contributed by atoms with van der Waals surface area (Å²) in [6.07, 6.45) is 0.798. The van der Waals surface area contributed by atoms with E-state index in [1.54, 1.807) is 18.3 Å². The van der Waals surface area contributed by atoms with Crippen LogP contribution in [-0.2, 0) is 4.79 Å². The molecule has 2 atom stereocenters. The predicted molar refractivity (Wildman–Crippen MR) is 98.6 cm³/mol. The number of H-pyrrole nitrogens is 1. The fraction of sp³-hybridized carbons (Fsp3) is 0.211. The van der Waals surface area contributed by atoms with Crippen LogP contribution in [-0.4, -0.2) is 22.0 Å². The first kappa shape index (κ1) is 16.3. The van der Waals surface area contributed by atoms with Crippen LogP contribution in [0.5, 0.6) is 0 Å². The van der Waals surface area contributed by atoms with Crippen LogP contribution in [0.1, 0.15) is 12.1 Å². The van der Waals surface area contributed by atoms with Gasteiger partial charge in [-0.15, -0.1) is 0 Å². The lowest BCUT2D eigenvalue weighted by atomic mass is 10.00. The zero-order valence-electron chi connectivity index (χ0n) is 14.0. The summed E-state index contributed by atoms with van der Waals surface area (Å²) in [6.45, 7) is 1.82. The minimum Gasteiger partial charge on any atom is -0.398 e. The van der Waals surface area contributed by atoms with E-state index in [0.717, 1.165) is 27.6 Å². The van der Waals surface area contributed by atoms with Crippen LogP contribution in [0.25, 0.3) is 21.9 Å². The van der Waals surface area contributed by atoms with Crippen molar-refractivity contribution in [3.63, 3.8) is 0 Å². The quantitative estimate of drug-likeness (QED) is 0.631. The molecule has 1 aliphatic carbocycles. The summed E-state index contributed by atoms with van der Waals surface area (Å²) in [7, 11) is 0. The van der Waals surface area contributed by atoms with Crippen molar-refractivity contribution in [1.29, 1.82) is 0 Å². The number of halogens is 1. The first-order valence-electron chi connectivity index (χ1n) is 8.27. The molecule has 0 bridgehead atoms. The van der Waals surface area contributed by atoms with Crippen molar-refractivity contribution in [1.82, 2.24) is 9.97 Å². The molecule has 0 radical (unpaired) electrons. The maximum Gasteiger partial charge on any atom is 0.248 e. The van der Waals surface area contributed by atoms with Crippen molar-refractivity contribution in [3.05, 3.63) is 52.6 Å². The maximum absolute atomic E-state index is 13.0. The summed E-state index contributed by atoms with van der Waals surface area (Å²) in [5.74, 6) is -0.575. The molecular weight excluding hydrogens is 335 g/mol. The molecule has 132 valence electrons. The van der Waals surface area contributed by atoms with E-state index < -0.39 is 12.1 Å². The van der Waals surface area contributed by atoms with Crippen LogP contribution in [0.3, 0.4) is 0 Å². The number of rotatable bonds is 3. The number of nitrogens with zero attached hydrogens (tertiary/aromatic N) is 1. The number of benzene rings is 1. The molecule has 0 spiro atoms. The molecule has 1 aliphatic rings. The van der Waals surface area contributed by atoms with Crippen molar-refractivity contribution in [2.45, 2.75) is 19.5 Å². The average Bonchev–Trinajstić information content (AvgIpc) is 3.31. The first-order chi connectivity index (χ1) is 12.4. The van der Waals surface area contributed by atoms with E-state index in [9.17, 15) is 14.0 Å². The van der Waals surface area contributed by atoms with Gasteiger partial charge in [-0.1, -0.05) is 0 Å². The van der Waals surface area contributed by atoms with Gasteiger partial charge in [-0.05, 0) is 48.6 Å². The SMILES string of the molecule is Cc1[nH]c(=O)ccc1-c1cc(N)c2cnc(NC(=O)[C@H]3C[C@H]3F)cc2c1. The van der Waals surface area contributed by atoms with Gasteiger partial charge in [0.05, 0.1) is 5.92 Å². The number of nitrogens with two attached hydrogens (primary N) is 1. The highest BCUT2D eigenvalue weighted by atomic mass is 19.1. The second-order valence-electron chi connectivity index (χ2n) is 6.56. The topological polar surface area (TPSA) is 101 Å². The third-order valence-corrected chi connectivity index (χ3v) is 4.60. The molecule has 0 saturated heterocycles. The zero-order valence-corrected chi connectivity index (χ0v) is 14.0. The molecule has 1 aromatic carbocycles. The predicted octanol–water partition coefficient (Wildman–Crippen LogP) is 2.78. The summed E-state index contributed by atoms with van der Waals surface area (Å²) in [4.78, 5) is 30.3. The third kappa shape index (κ3) is 2.92. The molecule has 1 amide bonds. The Hall–Kier alpha value is -3.22. The van der Waals surface area contributed by atoms with Crippen molar-refractivity contribution in [3.8, 4) is 11.1 Å². The number of anilines is 2. The number of carbonyl (C=O) groups excluding carboxylic acids is 1. The van der Waals surface area contributed by atoms with Crippen molar-refractivity contribution < 1.29 is 9.18 Å². The molecule has 0 aliphatic heterocycles. The highest BCUT2D eigenvalue weighted by Crippen LogP contribution is 2.35. The normalized spacial score (nSPS) is 18.7. The number of alkyl halides is 1. The van der Waals surface area contributed by atoms with E-state index >= 15 is 0 Å². The van der Waals surface area contributed by atoms with Crippen molar-refractivity contribution in [2.75, 3.05) is 11.1 Å². The first-order valence-corrected chi connectivity index (χ1v) is 8.27. The molecule has 4 rings (SSSR count). The van der Waals surface area contributed by atoms with E-state index in [-0.39, 0.29) is 17.9 Å². The van der Waals surface area contributed by atoms with Crippen molar-refractivity contribution >= 4 is 28.2 Å². The van der Waals surface area contributed by atoms with Gasteiger partial charge < -0.3 is 16.0 Å². The minimum atomic E-state index is -1.05. The lowest BCUT2D eigenvalue weighted by Gasteiger charge is -2.11. The number of carbonyl (C=O) groups is 1. The molecule has 4 N–H and O–H groups in total. The van der Waals surface area contributed by atoms with Crippen LogP contribution >= 0.6 is 0 Å². The highest BCUT2D eigenvalue weighted by molar-refractivity contribution is 6.00. The van der Waals surface area contributed by atoms with Crippen molar-refractivity contribution in [2.24, 2.45) is 5.92 Å². The zero-order chi connectivity index (χ0) is 18.4. The second kappa shape index (κ2) is 5.94. The van der Waals surface area contributed by atoms with Gasteiger partial charge >= 0.3 is 0 Å². The molecule has 2 heterocycles.